The van der Waals surface area contributed by atoms with Crippen LogP contribution in [-0.4, -0.2) is 17.1 Å². The molecule has 1 rings (SSSR count). The summed E-state index contributed by atoms with van der Waals surface area (Å²) in [6, 6.07) is 4.38. The van der Waals surface area contributed by atoms with Gasteiger partial charge in [0.2, 0.25) is 6.41 Å². The Hall–Kier alpha value is -2.07. The van der Waals surface area contributed by atoms with E-state index in [1.165, 1.54) is 12.1 Å². The number of hydrogen-bond acceptors (Lipinski definition) is 3. The van der Waals surface area contributed by atoms with E-state index in [9.17, 15) is 18.0 Å². The van der Waals surface area contributed by atoms with Gasteiger partial charge in [-0.3, -0.25) is 4.79 Å². The van der Waals surface area contributed by atoms with Gasteiger partial charge in [-0.2, -0.15) is 18.4 Å². The molecular weight excluding hydrogens is 285 g/mol. The Labute approximate surface area is 121 Å². The molecule has 0 aliphatic rings. The number of anilines is 1. The van der Waals surface area contributed by atoms with Crippen molar-refractivity contribution < 1.29 is 23.1 Å². The lowest BCUT2D eigenvalue weighted by Gasteiger charge is -2.11. The fourth-order valence-corrected chi connectivity index (χ4v) is 1.03. The molecule has 0 heterocycles. The first kappa shape index (κ1) is 18.9. The molecule has 0 saturated heterocycles. The zero-order valence-corrected chi connectivity index (χ0v) is 12.0. The average molecular weight is 302 g/mol. The topological polar surface area (TPSA) is 73.1 Å². The molecule has 1 amide bonds. The molecule has 116 valence electrons. The summed E-state index contributed by atoms with van der Waals surface area (Å²) >= 11 is 0. The minimum atomic E-state index is -4.61. The molecule has 1 aromatic carbocycles. The molecular formula is C14H17F3N2O2. The highest BCUT2D eigenvalue weighted by atomic mass is 19.4. The second-order valence-corrected chi connectivity index (χ2v) is 4.80. The molecule has 0 saturated carbocycles. The molecule has 0 aliphatic heterocycles. The lowest BCUT2D eigenvalue weighted by Crippen LogP contribution is -2.15. The van der Waals surface area contributed by atoms with Crippen LogP contribution in [0.2, 0.25) is 0 Å². The van der Waals surface area contributed by atoms with Gasteiger partial charge in [0, 0.05) is 5.69 Å². The van der Waals surface area contributed by atoms with Crippen molar-refractivity contribution >= 4 is 12.1 Å². The Morgan fingerprint density at radius 1 is 1.38 bits per heavy atom. The summed E-state index contributed by atoms with van der Waals surface area (Å²) in [5.74, 6) is 0. The van der Waals surface area contributed by atoms with Gasteiger partial charge >= 0.3 is 6.18 Å². The van der Waals surface area contributed by atoms with Gasteiger partial charge < -0.3 is 10.4 Å². The van der Waals surface area contributed by atoms with E-state index in [-0.39, 0.29) is 12.1 Å². The van der Waals surface area contributed by atoms with Crippen LogP contribution in [0, 0.1) is 11.3 Å². The second-order valence-electron chi connectivity index (χ2n) is 4.80. The summed E-state index contributed by atoms with van der Waals surface area (Å²) in [6.45, 7) is 5.56. The van der Waals surface area contributed by atoms with Gasteiger partial charge in [0.05, 0.1) is 22.8 Å². The number of carbonyl (C=O) groups excluding carboxylic acids is 1. The number of hydrogen-bond donors (Lipinski definition) is 2. The molecule has 7 heteroatoms. The third kappa shape index (κ3) is 7.32. The Balaban J connectivity index is 0.000000567. The zero-order chi connectivity index (χ0) is 16.7. The van der Waals surface area contributed by atoms with Crippen LogP contribution in [0.1, 0.15) is 38.3 Å². The summed E-state index contributed by atoms with van der Waals surface area (Å²) in [6.07, 6.45) is -3.51. The number of amides is 1. The molecule has 2 N–H and O–H groups in total. The van der Waals surface area contributed by atoms with Crippen LogP contribution >= 0.6 is 0 Å². The van der Waals surface area contributed by atoms with E-state index in [1.54, 1.807) is 13.8 Å². The third-order valence-corrected chi connectivity index (χ3v) is 2.54. The van der Waals surface area contributed by atoms with Crippen LogP contribution < -0.4 is 5.32 Å². The third-order valence-electron chi connectivity index (χ3n) is 2.54. The first-order valence-corrected chi connectivity index (χ1v) is 6.09. The predicted octanol–water partition coefficient (Wildman–Crippen LogP) is 3.31. The van der Waals surface area contributed by atoms with Gasteiger partial charge in [-0.25, -0.2) is 0 Å². The number of alkyl halides is 3. The quantitative estimate of drug-likeness (QED) is 0.841. The van der Waals surface area contributed by atoms with Crippen molar-refractivity contribution in [2.24, 2.45) is 0 Å². The van der Waals surface area contributed by atoms with E-state index >= 15 is 0 Å². The lowest BCUT2D eigenvalue weighted by atomic mass is 10.1. The molecule has 0 spiro atoms. The highest BCUT2D eigenvalue weighted by Crippen LogP contribution is 2.33. The molecule has 4 nitrogen and oxygen atoms in total. The Kier molecular flexibility index (Phi) is 6.89. The molecule has 0 bridgehead atoms. The van der Waals surface area contributed by atoms with E-state index in [1.807, 2.05) is 6.92 Å². The van der Waals surface area contributed by atoms with E-state index in [2.05, 4.69) is 5.32 Å². The SMILES string of the molecule is CCC(C)(C)O.N#Cc1ccc(NC=O)cc1C(F)(F)F. The molecule has 0 radical (unpaired) electrons. The normalized spacial score (nSPS) is 11.0. The number of aliphatic hydroxyl groups is 1. The smallest absolute Gasteiger partial charge is 0.390 e. The highest BCUT2D eigenvalue weighted by Gasteiger charge is 2.33. The van der Waals surface area contributed by atoms with Crippen LogP contribution in [0.3, 0.4) is 0 Å². The molecule has 0 atom stereocenters. The maximum atomic E-state index is 12.4. The Morgan fingerprint density at radius 2 is 1.90 bits per heavy atom. The van der Waals surface area contributed by atoms with Gasteiger partial charge in [-0.05, 0) is 38.5 Å². The fraction of sp³-hybridized carbons (Fsp3) is 0.429. The number of halogens is 3. The first-order chi connectivity index (χ1) is 9.55. The summed E-state index contributed by atoms with van der Waals surface area (Å²) in [4.78, 5) is 10.0. The van der Waals surface area contributed by atoms with Crippen molar-refractivity contribution in [3.8, 4) is 6.07 Å². The van der Waals surface area contributed by atoms with Crippen molar-refractivity contribution in [1.29, 1.82) is 5.26 Å². The lowest BCUT2D eigenvalue weighted by molar-refractivity contribution is -0.137. The number of nitrogens with one attached hydrogen (secondary N) is 1. The van der Waals surface area contributed by atoms with Crippen LogP contribution in [0.15, 0.2) is 18.2 Å². The molecule has 0 aliphatic carbocycles. The number of rotatable bonds is 3. The van der Waals surface area contributed by atoms with Crippen molar-refractivity contribution in [2.75, 3.05) is 5.32 Å². The number of nitriles is 1. The Morgan fingerprint density at radius 3 is 2.24 bits per heavy atom. The fourth-order valence-electron chi connectivity index (χ4n) is 1.03. The summed E-state index contributed by atoms with van der Waals surface area (Å²) < 4.78 is 37.2. The van der Waals surface area contributed by atoms with E-state index in [0.29, 0.717) is 6.07 Å². The number of carbonyl (C=O) groups is 1. The van der Waals surface area contributed by atoms with E-state index in [4.69, 9.17) is 10.4 Å². The zero-order valence-electron chi connectivity index (χ0n) is 12.0. The van der Waals surface area contributed by atoms with Gasteiger partial charge in [0.25, 0.3) is 0 Å². The predicted molar refractivity (Wildman–Crippen MR) is 72.4 cm³/mol. The van der Waals surface area contributed by atoms with Crippen LogP contribution in [0.4, 0.5) is 18.9 Å². The van der Waals surface area contributed by atoms with Crippen molar-refractivity contribution in [1.82, 2.24) is 0 Å². The number of nitrogens with zero attached hydrogens (tertiary/aromatic N) is 1. The number of benzene rings is 1. The van der Waals surface area contributed by atoms with Crippen LogP contribution in [0.5, 0.6) is 0 Å². The summed E-state index contributed by atoms with van der Waals surface area (Å²) in [7, 11) is 0. The van der Waals surface area contributed by atoms with Gasteiger partial charge in [0.15, 0.2) is 0 Å². The second kappa shape index (κ2) is 7.64. The molecule has 0 fully saturated rings. The van der Waals surface area contributed by atoms with E-state index < -0.39 is 22.9 Å². The largest absolute Gasteiger partial charge is 0.417 e. The summed E-state index contributed by atoms with van der Waals surface area (Å²) in [5.41, 5.74) is -1.99. The monoisotopic (exact) mass is 302 g/mol. The minimum Gasteiger partial charge on any atom is -0.390 e. The van der Waals surface area contributed by atoms with Crippen LogP contribution in [-0.2, 0) is 11.0 Å². The maximum Gasteiger partial charge on any atom is 0.417 e. The van der Waals surface area contributed by atoms with Crippen LogP contribution in [0.25, 0.3) is 0 Å². The molecule has 0 aromatic heterocycles. The minimum absolute atomic E-state index is 0.00340. The van der Waals surface area contributed by atoms with Crippen molar-refractivity contribution in [3.63, 3.8) is 0 Å². The molecule has 1 aromatic rings. The standard InChI is InChI=1S/C9H5F3N2O.C5H12O/c10-9(11,12)8-3-7(14-5-15)2-1-6(8)4-13;1-4-5(2,3)6/h1-3,5H,(H,14,15);6H,4H2,1-3H3. The highest BCUT2D eigenvalue weighted by molar-refractivity contribution is 5.72. The van der Waals surface area contributed by atoms with Gasteiger partial charge in [-0.1, -0.05) is 6.92 Å². The molecule has 0 unspecified atom stereocenters. The summed E-state index contributed by atoms with van der Waals surface area (Å²) in [5, 5.41) is 19.4. The first-order valence-electron chi connectivity index (χ1n) is 6.09. The van der Waals surface area contributed by atoms with Crippen molar-refractivity contribution in [3.05, 3.63) is 29.3 Å². The van der Waals surface area contributed by atoms with Gasteiger partial charge in [-0.15, -0.1) is 0 Å². The van der Waals surface area contributed by atoms with Gasteiger partial charge in [0.1, 0.15) is 0 Å². The van der Waals surface area contributed by atoms with E-state index in [0.717, 1.165) is 12.5 Å². The van der Waals surface area contributed by atoms with Crippen molar-refractivity contribution in [2.45, 2.75) is 39.0 Å². The Bertz CT molecular complexity index is 514. The molecule has 21 heavy (non-hydrogen) atoms. The average Bonchev–Trinajstić information content (AvgIpc) is 2.38. The maximum absolute atomic E-state index is 12.4.